The van der Waals surface area contributed by atoms with Crippen molar-refractivity contribution in [1.29, 1.82) is 0 Å². The van der Waals surface area contributed by atoms with Gasteiger partial charge in [0.15, 0.2) is 0 Å². The number of carbonyl (C=O) groups is 2. The monoisotopic (exact) mass is 230 g/mol. The van der Waals surface area contributed by atoms with Crippen molar-refractivity contribution in [3.63, 3.8) is 0 Å². The zero-order chi connectivity index (χ0) is 12.6. The Morgan fingerprint density at radius 3 is 2.44 bits per heavy atom. The normalized spacial score (nSPS) is 27.4. The molecule has 0 amide bonds. The van der Waals surface area contributed by atoms with E-state index in [4.69, 9.17) is 4.74 Å². The van der Waals surface area contributed by atoms with Crippen LogP contribution in [0.25, 0.3) is 0 Å². The largest absolute Gasteiger partial charge is 0.466 e. The lowest BCUT2D eigenvalue weighted by atomic mass is 9.77. The van der Waals surface area contributed by atoms with Crippen LogP contribution in [0, 0.1) is 5.41 Å². The minimum atomic E-state index is -1.54. The first-order valence-electron chi connectivity index (χ1n) is 5.22. The molecule has 1 aliphatic rings. The van der Waals surface area contributed by atoms with Crippen molar-refractivity contribution >= 4 is 11.9 Å². The van der Waals surface area contributed by atoms with Gasteiger partial charge in [0.25, 0.3) is 0 Å². The van der Waals surface area contributed by atoms with Gasteiger partial charge in [-0.05, 0) is 5.41 Å². The molecule has 1 N–H and O–H groups in total. The van der Waals surface area contributed by atoms with E-state index >= 15 is 0 Å². The van der Waals surface area contributed by atoms with Gasteiger partial charge in [0, 0.05) is 6.42 Å². The van der Waals surface area contributed by atoms with Gasteiger partial charge in [-0.25, -0.2) is 4.79 Å². The molecule has 2 atom stereocenters. The van der Waals surface area contributed by atoms with E-state index in [1.165, 1.54) is 7.11 Å². The molecule has 92 valence electrons. The number of carbonyl (C=O) groups excluding carboxylic acids is 2. The molecule has 1 aliphatic heterocycles. The van der Waals surface area contributed by atoms with Crippen LogP contribution in [-0.4, -0.2) is 35.9 Å². The number of methoxy groups -OCH3 is 1. The molecule has 1 heterocycles. The van der Waals surface area contributed by atoms with Crippen molar-refractivity contribution in [2.45, 2.75) is 45.3 Å². The Morgan fingerprint density at radius 2 is 2.12 bits per heavy atom. The highest BCUT2D eigenvalue weighted by atomic mass is 16.6. The standard InChI is InChI=1S/C11H18O5/c1-10(2,3)8(13)11(9(14)15-4)6-5-7(12)16-11/h8,13H,5-6H2,1-4H3/t8-,11+/m0/s1. The van der Waals surface area contributed by atoms with E-state index in [0.29, 0.717) is 0 Å². The fourth-order valence-corrected chi connectivity index (χ4v) is 1.91. The quantitative estimate of drug-likeness (QED) is 0.705. The van der Waals surface area contributed by atoms with Gasteiger partial charge in [0.05, 0.1) is 13.5 Å². The van der Waals surface area contributed by atoms with Crippen LogP contribution >= 0.6 is 0 Å². The highest BCUT2D eigenvalue weighted by Gasteiger charge is 2.57. The Kier molecular flexibility index (Phi) is 3.28. The number of esters is 2. The first-order valence-corrected chi connectivity index (χ1v) is 5.22. The molecule has 0 spiro atoms. The molecule has 0 saturated carbocycles. The minimum Gasteiger partial charge on any atom is -0.466 e. The predicted molar refractivity (Wildman–Crippen MR) is 55.5 cm³/mol. The van der Waals surface area contributed by atoms with Gasteiger partial charge < -0.3 is 14.6 Å². The molecule has 16 heavy (non-hydrogen) atoms. The molecule has 0 radical (unpaired) electrons. The third kappa shape index (κ3) is 2.04. The lowest BCUT2D eigenvalue weighted by Gasteiger charge is -2.37. The summed E-state index contributed by atoms with van der Waals surface area (Å²) in [7, 11) is 1.21. The van der Waals surface area contributed by atoms with Gasteiger partial charge in [0.2, 0.25) is 5.60 Å². The van der Waals surface area contributed by atoms with Crippen LogP contribution in [0.1, 0.15) is 33.6 Å². The number of ether oxygens (including phenoxy) is 2. The summed E-state index contributed by atoms with van der Waals surface area (Å²) < 4.78 is 9.65. The smallest absolute Gasteiger partial charge is 0.353 e. The fourth-order valence-electron chi connectivity index (χ4n) is 1.91. The van der Waals surface area contributed by atoms with Gasteiger partial charge in [-0.2, -0.15) is 0 Å². The Hall–Kier alpha value is -1.10. The molecule has 0 aromatic carbocycles. The number of rotatable bonds is 2. The molecule has 0 aromatic heterocycles. The zero-order valence-electron chi connectivity index (χ0n) is 10.1. The number of aliphatic hydroxyl groups is 1. The summed E-state index contributed by atoms with van der Waals surface area (Å²) >= 11 is 0. The van der Waals surface area contributed by atoms with Crippen LogP contribution in [0.5, 0.6) is 0 Å². The van der Waals surface area contributed by atoms with Gasteiger partial charge in [-0.3, -0.25) is 4.79 Å². The van der Waals surface area contributed by atoms with Crippen LogP contribution in [0.2, 0.25) is 0 Å². The Morgan fingerprint density at radius 1 is 1.56 bits per heavy atom. The van der Waals surface area contributed by atoms with Gasteiger partial charge in [-0.1, -0.05) is 20.8 Å². The van der Waals surface area contributed by atoms with Crippen LogP contribution in [0.4, 0.5) is 0 Å². The third-order valence-electron chi connectivity index (χ3n) is 2.79. The van der Waals surface area contributed by atoms with Crippen LogP contribution in [0.15, 0.2) is 0 Å². The molecular formula is C11H18O5. The van der Waals surface area contributed by atoms with E-state index in [-0.39, 0.29) is 12.8 Å². The molecule has 5 nitrogen and oxygen atoms in total. The fraction of sp³-hybridized carbons (Fsp3) is 0.818. The maximum atomic E-state index is 11.7. The molecular weight excluding hydrogens is 212 g/mol. The number of hydrogen-bond acceptors (Lipinski definition) is 5. The van der Waals surface area contributed by atoms with E-state index in [9.17, 15) is 14.7 Å². The molecule has 0 bridgehead atoms. The summed E-state index contributed by atoms with van der Waals surface area (Å²) in [5.74, 6) is -1.17. The third-order valence-corrected chi connectivity index (χ3v) is 2.79. The predicted octanol–water partition coefficient (Wildman–Crippen LogP) is 0.642. The Balaban J connectivity index is 3.06. The summed E-state index contributed by atoms with van der Waals surface area (Å²) in [6, 6.07) is 0. The van der Waals surface area contributed by atoms with Crippen molar-refractivity contribution in [1.82, 2.24) is 0 Å². The van der Waals surface area contributed by atoms with E-state index in [0.717, 1.165) is 0 Å². The first-order chi connectivity index (χ1) is 7.24. The van der Waals surface area contributed by atoms with Crippen LogP contribution in [0.3, 0.4) is 0 Å². The minimum absolute atomic E-state index is 0.127. The van der Waals surface area contributed by atoms with Gasteiger partial charge in [0.1, 0.15) is 6.10 Å². The molecule has 0 aromatic rings. The molecule has 0 unspecified atom stereocenters. The summed E-state index contributed by atoms with van der Waals surface area (Å²) in [5, 5.41) is 10.2. The van der Waals surface area contributed by atoms with Crippen molar-refractivity contribution in [3.05, 3.63) is 0 Å². The second kappa shape index (κ2) is 4.05. The molecule has 5 heteroatoms. The highest BCUT2D eigenvalue weighted by molar-refractivity contribution is 5.87. The average Bonchev–Trinajstić information content (AvgIpc) is 2.58. The topological polar surface area (TPSA) is 72.8 Å². The Bertz CT molecular complexity index is 304. The lowest BCUT2D eigenvalue weighted by molar-refractivity contribution is -0.193. The molecule has 1 fully saturated rings. The number of hydrogen-bond donors (Lipinski definition) is 1. The lowest BCUT2D eigenvalue weighted by Crippen LogP contribution is -2.55. The SMILES string of the molecule is COC(=O)[C@]1([C@@H](O)C(C)(C)C)CCC(=O)O1. The van der Waals surface area contributed by atoms with Gasteiger partial charge in [-0.15, -0.1) is 0 Å². The number of aliphatic hydroxyl groups excluding tert-OH is 1. The second-order valence-corrected chi connectivity index (χ2v) is 5.12. The van der Waals surface area contributed by atoms with E-state index in [1.807, 2.05) is 0 Å². The Labute approximate surface area is 94.7 Å². The van der Waals surface area contributed by atoms with E-state index in [1.54, 1.807) is 20.8 Å². The summed E-state index contributed by atoms with van der Waals surface area (Å²) in [6.45, 7) is 5.32. The zero-order valence-corrected chi connectivity index (χ0v) is 10.1. The second-order valence-electron chi connectivity index (χ2n) is 5.12. The number of cyclic esters (lactones) is 1. The average molecular weight is 230 g/mol. The highest BCUT2D eigenvalue weighted by Crippen LogP contribution is 2.38. The summed E-state index contributed by atoms with van der Waals surface area (Å²) in [4.78, 5) is 22.9. The maximum absolute atomic E-state index is 11.7. The molecule has 1 saturated heterocycles. The molecule has 0 aliphatic carbocycles. The van der Waals surface area contributed by atoms with Crippen LogP contribution in [-0.2, 0) is 19.1 Å². The van der Waals surface area contributed by atoms with Gasteiger partial charge >= 0.3 is 11.9 Å². The first kappa shape index (κ1) is 13.0. The van der Waals surface area contributed by atoms with Crippen molar-refractivity contribution in [2.75, 3.05) is 7.11 Å². The van der Waals surface area contributed by atoms with Crippen LogP contribution < -0.4 is 0 Å². The summed E-state index contributed by atoms with van der Waals surface area (Å²) in [6.07, 6.45) is -0.793. The van der Waals surface area contributed by atoms with Crippen molar-refractivity contribution in [2.24, 2.45) is 5.41 Å². The van der Waals surface area contributed by atoms with E-state index < -0.39 is 29.1 Å². The maximum Gasteiger partial charge on any atom is 0.353 e. The van der Waals surface area contributed by atoms with E-state index in [2.05, 4.69) is 4.74 Å². The molecule has 1 rings (SSSR count). The van der Waals surface area contributed by atoms with Crippen molar-refractivity contribution < 1.29 is 24.2 Å². The van der Waals surface area contributed by atoms with Crippen molar-refractivity contribution in [3.8, 4) is 0 Å². The summed E-state index contributed by atoms with van der Waals surface area (Å²) in [5.41, 5.74) is -2.11.